The number of alkyl halides is 2. The van der Waals surface area contributed by atoms with Gasteiger partial charge < -0.3 is 14.7 Å². The maximum atomic E-state index is 12.3. The first-order valence-corrected chi connectivity index (χ1v) is 7.87. The molecular weight excluding hydrogens is 377 g/mol. The van der Waals surface area contributed by atoms with Crippen LogP contribution in [0.15, 0.2) is 41.4 Å². The molecule has 2 aromatic carbocycles. The molecule has 132 valence electrons. The lowest BCUT2D eigenvalue weighted by atomic mass is 10.2. The molecule has 5 nitrogen and oxygen atoms in total. The van der Waals surface area contributed by atoms with Gasteiger partial charge in [-0.25, -0.2) is 4.99 Å². The normalized spacial score (nSPS) is 14.5. The van der Waals surface area contributed by atoms with Gasteiger partial charge in [0.1, 0.15) is 12.4 Å². The van der Waals surface area contributed by atoms with E-state index in [0.29, 0.717) is 18.0 Å². The number of rotatable bonds is 5. The summed E-state index contributed by atoms with van der Waals surface area (Å²) in [5, 5.41) is 11.3. The molecule has 0 atom stereocenters. The second-order valence-electron chi connectivity index (χ2n) is 5.15. The Kier molecular flexibility index (Phi) is 5.27. The van der Waals surface area contributed by atoms with Crippen LogP contribution in [0.1, 0.15) is 11.1 Å². The van der Waals surface area contributed by atoms with E-state index in [1.165, 1.54) is 29.3 Å². The minimum Gasteiger partial charge on any atom is -0.505 e. The van der Waals surface area contributed by atoms with Crippen molar-refractivity contribution in [3.63, 3.8) is 0 Å². The lowest BCUT2D eigenvalue weighted by Gasteiger charge is -2.15. The highest BCUT2D eigenvalue weighted by Crippen LogP contribution is 2.33. The molecule has 0 aliphatic carbocycles. The zero-order chi connectivity index (χ0) is 18.0. The first-order valence-electron chi connectivity index (χ1n) is 7.12. The van der Waals surface area contributed by atoms with E-state index in [1.807, 2.05) is 0 Å². The molecule has 0 spiro atoms. The predicted octanol–water partition coefficient (Wildman–Crippen LogP) is 4.45. The summed E-state index contributed by atoms with van der Waals surface area (Å²) in [6.45, 7) is -2.32. The number of ether oxygens (including phenoxy) is 1. The highest BCUT2D eigenvalue weighted by Gasteiger charge is 2.21. The number of hydrogen-bond acceptors (Lipinski definition) is 5. The molecular formula is C16H12Cl2F2N2O3. The van der Waals surface area contributed by atoms with Gasteiger partial charge in [-0.2, -0.15) is 8.78 Å². The molecule has 1 heterocycles. The highest BCUT2D eigenvalue weighted by molar-refractivity contribution is 6.37. The fourth-order valence-electron chi connectivity index (χ4n) is 2.26. The summed E-state index contributed by atoms with van der Waals surface area (Å²) < 4.78 is 28.9. The summed E-state index contributed by atoms with van der Waals surface area (Å²) in [5.41, 5.74) is 1.24. The van der Waals surface area contributed by atoms with Crippen molar-refractivity contribution in [1.29, 1.82) is 0 Å². The Labute approximate surface area is 152 Å². The van der Waals surface area contributed by atoms with Crippen molar-refractivity contribution >= 4 is 29.1 Å². The molecule has 0 saturated heterocycles. The van der Waals surface area contributed by atoms with Gasteiger partial charge in [0.25, 0.3) is 0 Å². The second-order valence-corrected chi connectivity index (χ2v) is 5.96. The average molecular weight is 389 g/mol. The first-order chi connectivity index (χ1) is 11.9. The van der Waals surface area contributed by atoms with E-state index in [2.05, 4.69) is 9.73 Å². The molecule has 9 heteroatoms. The van der Waals surface area contributed by atoms with Gasteiger partial charge in [-0.05, 0) is 29.8 Å². The number of halogens is 4. The standard InChI is InChI=1S/C16H12Cl2F2N2O3/c17-12-5-10(6-13(18)14(12)23)15-21-8-22(25-15)7-9-2-1-3-11(4-9)24-16(19)20/h1-6,16,23H,7-8H2. The molecule has 1 aliphatic rings. The monoisotopic (exact) mass is 388 g/mol. The van der Waals surface area contributed by atoms with Crippen LogP contribution in [-0.4, -0.2) is 29.3 Å². The molecule has 0 fully saturated rings. The Morgan fingerprint density at radius 3 is 2.64 bits per heavy atom. The van der Waals surface area contributed by atoms with Gasteiger partial charge in [-0.15, -0.1) is 5.06 Å². The largest absolute Gasteiger partial charge is 0.505 e. The number of phenolic OH excluding ortho intramolecular Hbond substituents is 1. The van der Waals surface area contributed by atoms with E-state index in [-0.39, 0.29) is 28.2 Å². The van der Waals surface area contributed by atoms with Crippen LogP contribution in [0.25, 0.3) is 0 Å². The summed E-state index contributed by atoms with van der Waals surface area (Å²) in [5.74, 6) is 0.159. The van der Waals surface area contributed by atoms with Gasteiger partial charge in [0.05, 0.1) is 16.6 Å². The third-order valence-corrected chi connectivity index (χ3v) is 3.91. The molecule has 0 aromatic heterocycles. The number of benzene rings is 2. The van der Waals surface area contributed by atoms with Crippen molar-refractivity contribution in [2.45, 2.75) is 13.2 Å². The third-order valence-electron chi connectivity index (χ3n) is 3.33. The van der Waals surface area contributed by atoms with Crippen LogP contribution < -0.4 is 4.74 Å². The summed E-state index contributed by atoms with van der Waals surface area (Å²) in [6.07, 6.45) is 0. The van der Waals surface area contributed by atoms with Crippen LogP contribution in [-0.2, 0) is 11.4 Å². The van der Waals surface area contributed by atoms with Gasteiger partial charge in [0.2, 0.25) is 5.90 Å². The van der Waals surface area contributed by atoms with E-state index in [1.54, 1.807) is 12.1 Å². The van der Waals surface area contributed by atoms with Gasteiger partial charge >= 0.3 is 6.61 Å². The molecule has 2 aromatic rings. The summed E-state index contributed by atoms with van der Waals surface area (Å²) in [7, 11) is 0. The molecule has 0 radical (unpaired) electrons. The quantitative estimate of drug-likeness (QED) is 0.821. The van der Waals surface area contributed by atoms with E-state index in [4.69, 9.17) is 28.0 Å². The van der Waals surface area contributed by atoms with E-state index >= 15 is 0 Å². The van der Waals surface area contributed by atoms with Gasteiger partial charge in [-0.1, -0.05) is 35.3 Å². The minimum absolute atomic E-state index is 0.0740. The van der Waals surface area contributed by atoms with Crippen molar-refractivity contribution in [1.82, 2.24) is 5.06 Å². The van der Waals surface area contributed by atoms with E-state index in [9.17, 15) is 13.9 Å². The number of nitrogens with zero attached hydrogens (tertiary/aromatic N) is 2. The minimum atomic E-state index is -2.88. The molecule has 1 N–H and O–H groups in total. The van der Waals surface area contributed by atoms with Crippen LogP contribution in [0.2, 0.25) is 10.0 Å². The van der Waals surface area contributed by atoms with Crippen molar-refractivity contribution in [3.8, 4) is 11.5 Å². The SMILES string of the molecule is Oc1c(Cl)cc(C2=NCN(Cc3cccc(OC(F)F)c3)O2)cc1Cl. The number of aliphatic imine (C=N–C) groups is 1. The lowest BCUT2D eigenvalue weighted by molar-refractivity contribution is -0.0577. The maximum absolute atomic E-state index is 12.3. The Hall–Kier alpha value is -2.09. The van der Waals surface area contributed by atoms with Crippen LogP contribution in [0.5, 0.6) is 11.5 Å². The third kappa shape index (κ3) is 4.31. The maximum Gasteiger partial charge on any atom is 0.387 e. The lowest BCUT2D eigenvalue weighted by Crippen LogP contribution is -2.20. The van der Waals surface area contributed by atoms with Crippen LogP contribution >= 0.6 is 23.2 Å². The van der Waals surface area contributed by atoms with Gasteiger partial charge in [-0.3, -0.25) is 0 Å². The molecule has 0 bridgehead atoms. The fourth-order valence-corrected chi connectivity index (χ4v) is 2.75. The Bertz CT molecular complexity index is 795. The number of hydrogen-bond donors (Lipinski definition) is 1. The van der Waals surface area contributed by atoms with Crippen LogP contribution in [0.4, 0.5) is 8.78 Å². The van der Waals surface area contributed by atoms with Crippen molar-refractivity contribution in [2.75, 3.05) is 6.67 Å². The zero-order valence-corrected chi connectivity index (χ0v) is 14.1. The Morgan fingerprint density at radius 1 is 1.24 bits per heavy atom. The average Bonchev–Trinajstić information content (AvgIpc) is 3.00. The Balaban J connectivity index is 1.67. The molecule has 3 rings (SSSR count). The highest BCUT2D eigenvalue weighted by atomic mass is 35.5. The number of hydroxylamine groups is 2. The smallest absolute Gasteiger partial charge is 0.387 e. The Morgan fingerprint density at radius 2 is 1.96 bits per heavy atom. The molecule has 0 amide bonds. The van der Waals surface area contributed by atoms with Crippen LogP contribution in [0.3, 0.4) is 0 Å². The zero-order valence-electron chi connectivity index (χ0n) is 12.6. The summed E-state index contributed by atoms with van der Waals surface area (Å²) >= 11 is 11.8. The van der Waals surface area contributed by atoms with E-state index in [0.717, 1.165) is 5.56 Å². The van der Waals surface area contributed by atoms with Gasteiger partial charge in [0.15, 0.2) is 5.75 Å². The van der Waals surface area contributed by atoms with Crippen molar-refractivity contribution in [3.05, 3.63) is 57.6 Å². The molecule has 0 saturated carbocycles. The molecule has 0 unspecified atom stereocenters. The van der Waals surface area contributed by atoms with E-state index < -0.39 is 6.61 Å². The topological polar surface area (TPSA) is 54.3 Å². The van der Waals surface area contributed by atoms with Gasteiger partial charge in [0, 0.05) is 5.56 Å². The fraction of sp³-hybridized carbons (Fsp3) is 0.188. The number of aromatic hydroxyl groups is 1. The first kappa shape index (κ1) is 17.7. The number of phenols is 1. The molecule has 1 aliphatic heterocycles. The predicted molar refractivity (Wildman–Crippen MR) is 89.2 cm³/mol. The van der Waals surface area contributed by atoms with Crippen molar-refractivity contribution < 1.29 is 23.5 Å². The summed E-state index contributed by atoms with van der Waals surface area (Å²) in [6, 6.07) is 9.30. The second kappa shape index (κ2) is 7.43. The molecule has 25 heavy (non-hydrogen) atoms. The van der Waals surface area contributed by atoms with Crippen LogP contribution in [0, 0.1) is 0 Å². The summed E-state index contributed by atoms with van der Waals surface area (Å²) in [4.78, 5) is 9.85. The van der Waals surface area contributed by atoms with Crippen molar-refractivity contribution in [2.24, 2.45) is 4.99 Å².